The van der Waals surface area contributed by atoms with Crippen LogP contribution >= 0.6 is 0 Å². The maximum atomic E-state index is 12.5. The van der Waals surface area contributed by atoms with Crippen molar-refractivity contribution in [2.45, 2.75) is 39.9 Å². The van der Waals surface area contributed by atoms with Crippen LogP contribution in [0.15, 0.2) is 30.0 Å². The molecule has 1 aromatic carbocycles. The molecule has 2 rings (SSSR count). The molecule has 1 amide bonds. The van der Waals surface area contributed by atoms with Crippen LogP contribution in [0.25, 0.3) is 0 Å². The highest BCUT2D eigenvalue weighted by atomic mass is 16.5. The summed E-state index contributed by atoms with van der Waals surface area (Å²) in [6.45, 7) is 8.90. The first kappa shape index (κ1) is 17.0. The lowest BCUT2D eigenvalue weighted by Crippen LogP contribution is -2.48. The van der Waals surface area contributed by atoms with Crippen molar-refractivity contribution in [3.8, 4) is 6.07 Å². The number of nitrogens with one attached hydrogen (secondary N) is 1. The van der Waals surface area contributed by atoms with Gasteiger partial charge in [-0.15, -0.1) is 0 Å². The first-order chi connectivity index (χ1) is 10.9. The molecule has 0 saturated carbocycles. The zero-order chi connectivity index (χ0) is 17.0. The summed E-state index contributed by atoms with van der Waals surface area (Å²) in [5, 5.41) is 12.4. The molecule has 1 aromatic rings. The van der Waals surface area contributed by atoms with Gasteiger partial charge >= 0.3 is 0 Å². The molecule has 23 heavy (non-hydrogen) atoms. The topological polar surface area (TPSA) is 65.4 Å². The second kappa shape index (κ2) is 7.30. The molecule has 0 spiro atoms. The summed E-state index contributed by atoms with van der Waals surface area (Å²) in [5.74, 6) is -0.257. The summed E-state index contributed by atoms with van der Waals surface area (Å²) >= 11 is 0. The SMILES string of the molecule is Cc1cccc(N/C=C(/C#N)C(=O)N2CC(C)OC(C)C2)c1C. The number of anilines is 1. The van der Waals surface area contributed by atoms with E-state index in [0.29, 0.717) is 13.1 Å². The number of nitrogens with zero attached hydrogens (tertiary/aromatic N) is 2. The van der Waals surface area contributed by atoms with Crippen molar-refractivity contribution in [1.82, 2.24) is 4.90 Å². The number of rotatable bonds is 3. The first-order valence-electron chi connectivity index (χ1n) is 7.80. The minimum atomic E-state index is -0.257. The zero-order valence-electron chi connectivity index (χ0n) is 14.1. The molecule has 1 aliphatic heterocycles. The monoisotopic (exact) mass is 313 g/mol. The van der Waals surface area contributed by atoms with Crippen LogP contribution in [-0.4, -0.2) is 36.1 Å². The number of ether oxygens (including phenoxy) is 1. The van der Waals surface area contributed by atoms with Crippen molar-refractivity contribution < 1.29 is 9.53 Å². The number of carbonyl (C=O) groups excluding carboxylic acids is 1. The molecular formula is C18H23N3O2. The standard InChI is InChI=1S/C18H23N3O2/c1-12-6-5-7-17(15(12)4)20-9-16(8-19)18(22)21-10-13(2)23-14(3)11-21/h5-7,9,13-14,20H,10-11H2,1-4H3/b16-9-. The van der Waals surface area contributed by atoms with E-state index >= 15 is 0 Å². The van der Waals surface area contributed by atoms with Crippen LogP contribution in [0.4, 0.5) is 5.69 Å². The van der Waals surface area contributed by atoms with E-state index in [1.807, 2.05) is 52.0 Å². The fourth-order valence-electron chi connectivity index (χ4n) is 2.71. The lowest BCUT2D eigenvalue weighted by atomic mass is 10.1. The fraction of sp³-hybridized carbons (Fsp3) is 0.444. The highest BCUT2D eigenvalue weighted by Crippen LogP contribution is 2.19. The molecule has 1 heterocycles. The molecule has 1 aliphatic rings. The van der Waals surface area contributed by atoms with Crippen molar-refractivity contribution in [1.29, 1.82) is 5.26 Å². The van der Waals surface area contributed by atoms with Crippen molar-refractivity contribution in [2.75, 3.05) is 18.4 Å². The van der Waals surface area contributed by atoms with Crippen molar-refractivity contribution in [2.24, 2.45) is 0 Å². The quantitative estimate of drug-likeness (QED) is 0.688. The molecule has 0 aromatic heterocycles. The number of morpholine rings is 1. The molecule has 0 bridgehead atoms. The Balaban J connectivity index is 2.14. The highest BCUT2D eigenvalue weighted by Gasteiger charge is 2.27. The highest BCUT2D eigenvalue weighted by molar-refractivity contribution is 5.97. The van der Waals surface area contributed by atoms with Crippen molar-refractivity contribution in [3.63, 3.8) is 0 Å². The van der Waals surface area contributed by atoms with Crippen LogP contribution in [0.5, 0.6) is 0 Å². The summed E-state index contributed by atoms with van der Waals surface area (Å²) in [6, 6.07) is 7.89. The van der Waals surface area contributed by atoms with E-state index in [4.69, 9.17) is 4.74 Å². The lowest BCUT2D eigenvalue weighted by Gasteiger charge is -2.35. The summed E-state index contributed by atoms with van der Waals surface area (Å²) in [5.41, 5.74) is 3.26. The van der Waals surface area contributed by atoms with Gasteiger partial charge in [-0.05, 0) is 44.9 Å². The lowest BCUT2D eigenvalue weighted by molar-refractivity contribution is -0.138. The fourth-order valence-corrected chi connectivity index (χ4v) is 2.71. The average molecular weight is 313 g/mol. The van der Waals surface area contributed by atoms with E-state index in [1.54, 1.807) is 4.90 Å². The van der Waals surface area contributed by atoms with Crippen LogP contribution < -0.4 is 5.32 Å². The normalized spacial score (nSPS) is 21.7. The van der Waals surface area contributed by atoms with Crippen LogP contribution in [0.1, 0.15) is 25.0 Å². The number of hydrogen-bond acceptors (Lipinski definition) is 4. The van der Waals surface area contributed by atoms with Gasteiger partial charge in [0.15, 0.2) is 0 Å². The second-order valence-corrected chi connectivity index (χ2v) is 6.03. The van der Waals surface area contributed by atoms with Crippen molar-refractivity contribution in [3.05, 3.63) is 41.1 Å². The number of amides is 1. The van der Waals surface area contributed by atoms with Gasteiger partial charge in [-0.1, -0.05) is 12.1 Å². The number of carbonyl (C=O) groups is 1. The molecule has 1 N–H and O–H groups in total. The van der Waals surface area contributed by atoms with Gasteiger partial charge in [-0.2, -0.15) is 5.26 Å². The molecule has 0 radical (unpaired) electrons. The molecule has 1 saturated heterocycles. The maximum absolute atomic E-state index is 12.5. The van der Waals surface area contributed by atoms with Crippen LogP contribution in [0.2, 0.25) is 0 Å². The summed E-state index contributed by atoms with van der Waals surface area (Å²) in [4.78, 5) is 14.2. The van der Waals surface area contributed by atoms with Gasteiger partial charge < -0.3 is 15.0 Å². The largest absolute Gasteiger partial charge is 0.372 e. The Morgan fingerprint density at radius 2 is 2.00 bits per heavy atom. The third-order valence-electron chi connectivity index (χ3n) is 4.03. The molecule has 122 valence electrons. The molecule has 2 atom stereocenters. The molecular weight excluding hydrogens is 290 g/mol. The molecule has 5 nitrogen and oxygen atoms in total. The van der Waals surface area contributed by atoms with Gasteiger partial charge in [-0.3, -0.25) is 4.79 Å². The van der Waals surface area contributed by atoms with E-state index in [-0.39, 0.29) is 23.7 Å². The van der Waals surface area contributed by atoms with Crippen LogP contribution in [-0.2, 0) is 9.53 Å². The van der Waals surface area contributed by atoms with Gasteiger partial charge in [0, 0.05) is 25.0 Å². The van der Waals surface area contributed by atoms with Crippen LogP contribution in [0, 0.1) is 25.2 Å². The van der Waals surface area contributed by atoms with E-state index in [1.165, 1.54) is 6.20 Å². The van der Waals surface area contributed by atoms with E-state index < -0.39 is 0 Å². The predicted octanol–water partition coefficient (Wildman–Crippen LogP) is 2.76. The average Bonchev–Trinajstić information content (AvgIpc) is 2.50. The smallest absolute Gasteiger partial charge is 0.266 e. The van der Waals surface area contributed by atoms with E-state index in [2.05, 4.69) is 5.32 Å². The van der Waals surface area contributed by atoms with Gasteiger partial charge in [0.2, 0.25) is 0 Å². The predicted molar refractivity (Wildman–Crippen MR) is 89.8 cm³/mol. The maximum Gasteiger partial charge on any atom is 0.266 e. The van der Waals surface area contributed by atoms with E-state index in [9.17, 15) is 10.1 Å². The Labute approximate surface area is 137 Å². The summed E-state index contributed by atoms with van der Waals surface area (Å²) < 4.78 is 5.63. The van der Waals surface area contributed by atoms with Gasteiger partial charge in [0.1, 0.15) is 11.6 Å². The number of aryl methyl sites for hydroxylation is 1. The first-order valence-corrected chi connectivity index (χ1v) is 7.80. The minimum absolute atomic E-state index is 0.0189. The number of nitriles is 1. The Bertz CT molecular complexity index is 651. The van der Waals surface area contributed by atoms with Gasteiger partial charge in [0.25, 0.3) is 5.91 Å². The summed E-state index contributed by atoms with van der Waals surface area (Å²) in [7, 11) is 0. The minimum Gasteiger partial charge on any atom is -0.372 e. The molecule has 1 fully saturated rings. The third kappa shape index (κ3) is 4.11. The Hall–Kier alpha value is -2.32. The Kier molecular flexibility index (Phi) is 5.41. The van der Waals surface area contributed by atoms with Crippen molar-refractivity contribution >= 4 is 11.6 Å². The summed E-state index contributed by atoms with van der Waals surface area (Å²) in [6.07, 6.45) is 1.46. The number of benzene rings is 1. The molecule has 2 unspecified atom stereocenters. The molecule has 5 heteroatoms. The second-order valence-electron chi connectivity index (χ2n) is 6.03. The third-order valence-corrected chi connectivity index (χ3v) is 4.03. The Morgan fingerprint density at radius 1 is 1.35 bits per heavy atom. The molecule has 0 aliphatic carbocycles. The van der Waals surface area contributed by atoms with Crippen LogP contribution in [0.3, 0.4) is 0 Å². The van der Waals surface area contributed by atoms with Gasteiger partial charge in [-0.25, -0.2) is 0 Å². The zero-order valence-corrected chi connectivity index (χ0v) is 14.1. The van der Waals surface area contributed by atoms with Gasteiger partial charge in [0.05, 0.1) is 12.2 Å². The number of hydrogen-bond donors (Lipinski definition) is 1. The van der Waals surface area contributed by atoms with E-state index in [0.717, 1.165) is 16.8 Å². The Morgan fingerprint density at radius 3 is 2.61 bits per heavy atom.